The molecule has 0 unspecified atom stereocenters. The molecular weight excluding hydrogens is 374 g/mol. The van der Waals surface area contributed by atoms with Crippen LogP contribution in [0.15, 0.2) is 128 Å². The molecule has 0 saturated carbocycles. The second-order valence-electron chi connectivity index (χ2n) is 7.68. The lowest BCUT2D eigenvalue weighted by Crippen LogP contribution is -1.97. The molecule has 0 spiro atoms. The number of allylic oxidation sites excluding steroid dienone is 4. The molecule has 148 valence electrons. The van der Waals surface area contributed by atoms with Crippen molar-refractivity contribution < 1.29 is 0 Å². The van der Waals surface area contributed by atoms with Crippen molar-refractivity contribution in [3.8, 4) is 22.3 Å². The zero-order valence-electron chi connectivity index (χ0n) is 17.3. The van der Waals surface area contributed by atoms with E-state index in [2.05, 4.69) is 115 Å². The summed E-state index contributed by atoms with van der Waals surface area (Å²) in [5.41, 5.74) is 10.3. The highest BCUT2D eigenvalue weighted by Gasteiger charge is 2.11. The van der Waals surface area contributed by atoms with Crippen LogP contribution >= 0.6 is 0 Å². The third kappa shape index (κ3) is 3.99. The number of rotatable bonds is 3. The minimum atomic E-state index is 0.994. The molecule has 0 atom stereocenters. The second-order valence-corrected chi connectivity index (χ2v) is 7.68. The molecule has 0 radical (unpaired) electrons. The van der Waals surface area contributed by atoms with E-state index in [1.54, 1.807) is 0 Å². The lowest BCUT2D eigenvalue weighted by atomic mass is 9.91. The Kier molecular flexibility index (Phi) is 5.08. The number of hydrogen-bond donors (Lipinski definition) is 1. The number of anilines is 1. The van der Waals surface area contributed by atoms with Gasteiger partial charge in [0.2, 0.25) is 0 Å². The van der Waals surface area contributed by atoms with Gasteiger partial charge in [-0.25, -0.2) is 0 Å². The molecule has 0 aromatic heterocycles. The topological polar surface area (TPSA) is 12.0 Å². The van der Waals surface area contributed by atoms with Crippen LogP contribution in [0.4, 0.5) is 5.69 Å². The van der Waals surface area contributed by atoms with Crippen LogP contribution in [0.25, 0.3) is 33.4 Å². The van der Waals surface area contributed by atoms with Gasteiger partial charge in [0, 0.05) is 17.5 Å². The van der Waals surface area contributed by atoms with Gasteiger partial charge in [-0.3, -0.25) is 0 Å². The van der Waals surface area contributed by atoms with E-state index in [4.69, 9.17) is 0 Å². The normalized spacial score (nSPS) is 15.6. The molecule has 4 aromatic rings. The fourth-order valence-corrected chi connectivity index (χ4v) is 3.99. The number of nitrogens with one attached hydrogen (secondary N) is 1. The fourth-order valence-electron chi connectivity index (χ4n) is 3.99. The first kappa shape index (κ1) is 18.9. The van der Waals surface area contributed by atoms with Crippen LogP contribution in [0.1, 0.15) is 11.1 Å². The van der Waals surface area contributed by atoms with Gasteiger partial charge >= 0.3 is 0 Å². The van der Waals surface area contributed by atoms with E-state index in [0.29, 0.717) is 0 Å². The first-order valence-corrected chi connectivity index (χ1v) is 10.5. The van der Waals surface area contributed by atoms with E-state index >= 15 is 0 Å². The summed E-state index contributed by atoms with van der Waals surface area (Å²) in [5.74, 6) is 0. The molecule has 31 heavy (non-hydrogen) atoms. The SMILES string of the molecule is C=C1/C=C(c2cc(-c3ccccc3)cc(-c3ccccc3)c2)\C=C/Nc2ccccc21. The highest BCUT2D eigenvalue weighted by Crippen LogP contribution is 2.34. The predicted molar refractivity (Wildman–Crippen MR) is 134 cm³/mol. The minimum absolute atomic E-state index is 0.994. The van der Waals surface area contributed by atoms with E-state index in [1.807, 2.05) is 18.3 Å². The maximum atomic E-state index is 4.34. The summed E-state index contributed by atoms with van der Waals surface area (Å²) in [6.07, 6.45) is 6.31. The molecule has 0 fully saturated rings. The number of benzene rings is 4. The Labute approximate surface area is 183 Å². The van der Waals surface area contributed by atoms with Crippen molar-refractivity contribution in [2.24, 2.45) is 0 Å². The zero-order chi connectivity index (χ0) is 21.0. The first-order valence-electron chi connectivity index (χ1n) is 10.5. The Morgan fingerprint density at radius 1 is 0.548 bits per heavy atom. The zero-order valence-corrected chi connectivity index (χ0v) is 17.3. The van der Waals surface area contributed by atoms with Crippen molar-refractivity contribution in [2.75, 3.05) is 5.32 Å². The summed E-state index contributed by atoms with van der Waals surface area (Å²) in [4.78, 5) is 0. The van der Waals surface area contributed by atoms with Gasteiger partial charge in [-0.05, 0) is 75.4 Å². The number of fused-ring (bicyclic) bond motifs is 1. The molecule has 0 saturated heterocycles. The molecule has 0 aliphatic carbocycles. The van der Waals surface area contributed by atoms with E-state index in [0.717, 1.165) is 22.4 Å². The predicted octanol–water partition coefficient (Wildman–Crippen LogP) is 8.06. The van der Waals surface area contributed by atoms with Gasteiger partial charge in [0.1, 0.15) is 0 Å². The molecule has 1 aliphatic heterocycles. The Morgan fingerprint density at radius 2 is 1.10 bits per heavy atom. The Hall–Kier alpha value is -4.10. The van der Waals surface area contributed by atoms with Gasteiger partial charge in [-0.15, -0.1) is 0 Å². The third-order valence-corrected chi connectivity index (χ3v) is 5.59. The Morgan fingerprint density at radius 3 is 1.74 bits per heavy atom. The molecule has 1 aliphatic rings. The lowest BCUT2D eigenvalue weighted by molar-refractivity contribution is 1.51. The van der Waals surface area contributed by atoms with E-state index < -0.39 is 0 Å². The van der Waals surface area contributed by atoms with Crippen LogP contribution in [0.2, 0.25) is 0 Å². The molecule has 0 bridgehead atoms. The van der Waals surface area contributed by atoms with Gasteiger partial charge in [0.25, 0.3) is 0 Å². The van der Waals surface area contributed by atoms with Crippen LogP contribution in [0.5, 0.6) is 0 Å². The largest absolute Gasteiger partial charge is 0.361 e. The summed E-state index contributed by atoms with van der Waals surface area (Å²) in [7, 11) is 0. The summed E-state index contributed by atoms with van der Waals surface area (Å²) >= 11 is 0. The lowest BCUT2D eigenvalue weighted by Gasteiger charge is -2.16. The van der Waals surface area contributed by atoms with Crippen LogP contribution < -0.4 is 5.32 Å². The summed E-state index contributed by atoms with van der Waals surface area (Å²) in [6, 6.07) is 36.1. The van der Waals surface area contributed by atoms with Crippen molar-refractivity contribution in [1.82, 2.24) is 0 Å². The highest BCUT2D eigenvalue weighted by atomic mass is 14.8. The average molecular weight is 398 g/mol. The molecule has 1 heterocycles. The molecule has 5 rings (SSSR count). The maximum Gasteiger partial charge on any atom is 0.0459 e. The van der Waals surface area contributed by atoms with Gasteiger partial charge in [-0.1, -0.05) is 85.4 Å². The smallest absolute Gasteiger partial charge is 0.0459 e. The van der Waals surface area contributed by atoms with Crippen molar-refractivity contribution in [2.45, 2.75) is 0 Å². The summed E-state index contributed by atoms with van der Waals surface area (Å²) < 4.78 is 0. The maximum absolute atomic E-state index is 4.34. The average Bonchev–Trinajstić information content (AvgIpc) is 2.83. The van der Waals surface area contributed by atoms with Gasteiger partial charge in [-0.2, -0.15) is 0 Å². The second kappa shape index (κ2) is 8.33. The molecule has 1 N–H and O–H groups in total. The minimum Gasteiger partial charge on any atom is -0.361 e. The highest BCUT2D eigenvalue weighted by molar-refractivity contribution is 5.93. The Bertz CT molecular complexity index is 1240. The molecule has 4 aromatic carbocycles. The standard InChI is InChI=1S/C30H23N/c1-22-18-25(16-17-31-30-15-9-8-14-29(22)30)28-20-26(23-10-4-2-5-11-23)19-27(21-28)24-12-6-3-7-13-24/h2-21,31H,1H2/b17-16-,25-18+. The molecule has 0 amide bonds. The van der Waals surface area contributed by atoms with E-state index in [9.17, 15) is 0 Å². The third-order valence-electron chi connectivity index (χ3n) is 5.59. The van der Waals surface area contributed by atoms with Crippen LogP contribution in [-0.4, -0.2) is 0 Å². The summed E-state index contributed by atoms with van der Waals surface area (Å²) in [6.45, 7) is 4.34. The number of hydrogen-bond acceptors (Lipinski definition) is 1. The number of para-hydroxylation sites is 1. The molecule has 1 heteroatoms. The van der Waals surface area contributed by atoms with E-state index in [1.165, 1.54) is 27.8 Å². The van der Waals surface area contributed by atoms with Crippen molar-refractivity contribution in [1.29, 1.82) is 0 Å². The van der Waals surface area contributed by atoms with Crippen molar-refractivity contribution in [3.05, 3.63) is 139 Å². The summed E-state index contributed by atoms with van der Waals surface area (Å²) in [5, 5.41) is 3.41. The Balaban J connectivity index is 1.66. The molecular formula is C30H23N. The van der Waals surface area contributed by atoms with Gasteiger partial charge in [0.15, 0.2) is 0 Å². The van der Waals surface area contributed by atoms with Crippen LogP contribution in [0, 0.1) is 0 Å². The fraction of sp³-hybridized carbons (Fsp3) is 0. The quantitative estimate of drug-likeness (QED) is 0.369. The first-order chi connectivity index (χ1) is 15.3. The van der Waals surface area contributed by atoms with Gasteiger partial charge < -0.3 is 5.32 Å². The van der Waals surface area contributed by atoms with Crippen LogP contribution in [-0.2, 0) is 0 Å². The van der Waals surface area contributed by atoms with Gasteiger partial charge in [0.05, 0.1) is 0 Å². The van der Waals surface area contributed by atoms with Crippen molar-refractivity contribution >= 4 is 16.8 Å². The monoisotopic (exact) mass is 397 g/mol. The van der Waals surface area contributed by atoms with Crippen LogP contribution in [0.3, 0.4) is 0 Å². The van der Waals surface area contributed by atoms with E-state index in [-0.39, 0.29) is 0 Å². The van der Waals surface area contributed by atoms with Crippen molar-refractivity contribution in [3.63, 3.8) is 0 Å². The molecule has 1 nitrogen and oxygen atoms in total.